The number of nitrogens with zero attached hydrogens (tertiary/aromatic N) is 2. The lowest BCUT2D eigenvalue weighted by Gasteiger charge is -2.48. The first-order valence-corrected chi connectivity index (χ1v) is 7.43. The van der Waals surface area contributed by atoms with E-state index < -0.39 is 18.1 Å². The van der Waals surface area contributed by atoms with Crippen LogP contribution in [0.4, 0.5) is 13.2 Å². The van der Waals surface area contributed by atoms with Crippen LogP contribution >= 0.6 is 12.2 Å². The van der Waals surface area contributed by atoms with Crippen molar-refractivity contribution >= 4 is 23.1 Å². The van der Waals surface area contributed by atoms with Crippen LogP contribution in [0.25, 0.3) is 0 Å². The Bertz CT molecular complexity index is 427. The standard InChI is InChI=1S/C13H20F3N3OS/c1-9-6-12(7-9,10(17)21)11(20)19-4-2-18(3-5-19)8-13(14,15)16/h9H,2-8H2,1H3,(H2,17,21). The third kappa shape index (κ3) is 3.48. The van der Waals surface area contributed by atoms with Gasteiger partial charge in [0.2, 0.25) is 5.91 Å². The second-order valence-corrected chi connectivity index (χ2v) is 6.58. The van der Waals surface area contributed by atoms with Gasteiger partial charge >= 0.3 is 6.18 Å². The van der Waals surface area contributed by atoms with Gasteiger partial charge in [-0.05, 0) is 18.8 Å². The average molecular weight is 323 g/mol. The van der Waals surface area contributed by atoms with Crippen molar-refractivity contribution in [2.45, 2.75) is 25.9 Å². The molecule has 1 saturated carbocycles. The van der Waals surface area contributed by atoms with Gasteiger partial charge < -0.3 is 10.6 Å². The number of rotatable bonds is 3. The first-order chi connectivity index (χ1) is 9.64. The lowest BCUT2D eigenvalue weighted by Crippen LogP contribution is -2.60. The zero-order valence-electron chi connectivity index (χ0n) is 11.9. The Labute approximate surface area is 127 Å². The van der Waals surface area contributed by atoms with E-state index in [9.17, 15) is 18.0 Å². The molecule has 2 fully saturated rings. The Morgan fingerprint density at radius 2 is 1.81 bits per heavy atom. The number of amides is 1. The Morgan fingerprint density at radius 1 is 1.29 bits per heavy atom. The number of carbonyl (C=O) groups is 1. The molecule has 21 heavy (non-hydrogen) atoms. The van der Waals surface area contributed by atoms with Crippen LogP contribution in [0.15, 0.2) is 0 Å². The number of piperazine rings is 1. The normalized spacial score (nSPS) is 30.9. The lowest BCUT2D eigenvalue weighted by atomic mass is 9.61. The van der Waals surface area contributed by atoms with Crippen molar-refractivity contribution in [1.82, 2.24) is 9.80 Å². The lowest BCUT2D eigenvalue weighted by molar-refractivity contribution is -0.155. The molecule has 2 aliphatic rings. The molecule has 4 nitrogen and oxygen atoms in total. The zero-order chi connectivity index (χ0) is 15.8. The zero-order valence-corrected chi connectivity index (χ0v) is 12.8. The molecule has 2 N–H and O–H groups in total. The van der Waals surface area contributed by atoms with Crippen LogP contribution in [-0.4, -0.2) is 59.6 Å². The summed E-state index contributed by atoms with van der Waals surface area (Å²) in [5.41, 5.74) is 4.97. The van der Waals surface area contributed by atoms with E-state index in [1.54, 1.807) is 4.90 Å². The van der Waals surface area contributed by atoms with E-state index in [0.29, 0.717) is 31.8 Å². The van der Waals surface area contributed by atoms with E-state index in [1.807, 2.05) is 6.92 Å². The third-order valence-electron chi connectivity index (χ3n) is 4.34. The number of hydrogen-bond acceptors (Lipinski definition) is 3. The molecule has 8 heteroatoms. The van der Waals surface area contributed by atoms with Gasteiger partial charge in [-0.1, -0.05) is 19.1 Å². The van der Waals surface area contributed by atoms with Crippen LogP contribution < -0.4 is 5.73 Å². The highest BCUT2D eigenvalue weighted by Gasteiger charge is 2.52. The van der Waals surface area contributed by atoms with Gasteiger partial charge in [-0.3, -0.25) is 9.69 Å². The van der Waals surface area contributed by atoms with Crippen molar-refractivity contribution in [3.63, 3.8) is 0 Å². The Balaban J connectivity index is 1.93. The summed E-state index contributed by atoms with van der Waals surface area (Å²) >= 11 is 5.05. The summed E-state index contributed by atoms with van der Waals surface area (Å²) in [5.74, 6) is 0.293. The first-order valence-electron chi connectivity index (χ1n) is 7.02. The summed E-state index contributed by atoms with van der Waals surface area (Å²) in [4.78, 5) is 15.7. The number of thiocarbonyl (C=S) groups is 1. The highest BCUT2D eigenvalue weighted by Crippen LogP contribution is 2.47. The highest BCUT2D eigenvalue weighted by molar-refractivity contribution is 7.80. The van der Waals surface area contributed by atoms with Crippen molar-refractivity contribution < 1.29 is 18.0 Å². The van der Waals surface area contributed by atoms with Gasteiger partial charge in [0, 0.05) is 26.2 Å². The van der Waals surface area contributed by atoms with Gasteiger partial charge in [0.05, 0.1) is 16.9 Å². The van der Waals surface area contributed by atoms with E-state index in [2.05, 4.69) is 0 Å². The molecule has 1 saturated heterocycles. The molecule has 0 unspecified atom stereocenters. The fourth-order valence-electron chi connectivity index (χ4n) is 3.28. The van der Waals surface area contributed by atoms with Crippen molar-refractivity contribution in [2.24, 2.45) is 17.1 Å². The van der Waals surface area contributed by atoms with Gasteiger partial charge in [0.25, 0.3) is 0 Å². The molecule has 1 heterocycles. The quantitative estimate of drug-likeness (QED) is 0.798. The molecule has 0 atom stereocenters. The SMILES string of the molecule is CC1CC(C(=O)N2CCN(CC(F)(F)F)CC2)(C(N)=S)C1. The maximum atomic E-state index is 12.6. The largest absolute Gasteiger partial charge is 0.401 e. The van der Waals surface area contributed by atoms with E-state index in [0.717, 1.165) is 0 Å². The maximum Gasteiger partial charge on any atom is 0.401 e. The van der Waals surface area contributed by atoms with Gasteiger partial charge in [-0.15, -0.1) is 0 Å². The topological polar surface area (TPSA) is 49.6 Å². The highest BCUT2D eigenvalue weighted by atomic mass is 32.1. The predicted molar refractivity (Wildman–Crippen MR) is 76.7 cm³/mol. The molecule has 0 radical (unpaired) electrons. The minimum absolute atomic E-state index is 0.111. The minimum Gasteiger partial charge on any atom is -0.392 e. The molecule has 0 aromatic heterocycles. The van der Waals surface area contributed by atoms with E-state index in [4.69, 9.17) is 18.0 Å². The monoisotopic (exact) mass is 323 g/mol. The van der Waals surface area contributed by atoms with Crippen molar-refractivity contribution in [3.05, 3.63) is 0 Å². The first kappa shape index (κ1) is 16.5. The van der Waals surface area contributed by atoms with Crippen LogP contribution in [0.5, 0.6) is 0 Å². The second-order valence-electron chi connectivity index (χ2n) is 6.14. The summed E-state index contributed by atoms with van der Waals surface area (Å²) in [6, 6.07) is 0. The molecular weight excluding hydrogens is 303 g/mol. The van der Waals surface area contributed by atoms with E-state index in [1.165, 1.54) is 4.90 Å². The van der Waals surface area contributed by atoms with E-state index in [-0.39, 0.29) is 24.0 Å². The number of alkyl halides is 3. The second kappa shape index (κ2) is 5.72. The summed E-state index contributed by atoms with van der Waals surface area (Å²) in [6.45, 7) is 2.17. The van der Waals surface area contributed by atoms with Crippen molar-refractivity contribution in [1.29, 1.82) is 0 Å². The molecule has 1 aliphatic heterocycles. The predicted octanol–water partition coefficient (Wildman–Crippen LogP) is 1.40. The fraction of sp³-hybridized carbons (Fsp3) is 0.846. The summed E-state index contributed by atoms with van der Waals surface area (Å²) in [7, 11) is 0. The molecule has 1 aliphatic carbocycles. The molecule has 120 valence electrons. The molecule has 2 rings (SSSR count). The van der Waals surface area contributed by atoms with Crippen LogP contribution in [0, 0.1) is 11.3 Å². The number of halogens is 3. The number of nitrogens with two attached hydrogens (primary N) is 1. The van der Waals surface area contributed by atoms with Crippen LogP contribution in [-0.2, 0) is 4.79 Å². The summed E-state index contributed by atoms with van der Waals surface area (Å²) < 4.78 is 37.0. The number of hydrogen-bond donors (Lipinski definition) is 1. The summed E-state index contributed by atoms with van der Waals surface area (Å²) in [5, 5.41) is 0. The molecule has 0 aromatic carbocycles. The van der Waals surface area contributed by atoms with Gasteiger partial charge in [0.15, 0.2) is 0 Å². The molecule has 0 bridgehead atoms. The fourth-order valence-corrected chi connectivity index (χ4v) is 3.53. The van der Waals surface area contributed by atoms with Gasteiger partial charge in [-0.25, -0.2) is 0 Å². The summed E-state index contributed by atoms with van der Waals surface area (Å²) in [6.07, 6.45) is -2.91. The maximum absolute atomic E-state index is 12.6. The Hall–Kier alpha value is -0.890. The third-order valence-corrected chi connectivity index (χ3v) is 4.73. The van der Waals surface area contributed by atoms with Crippen LogP contribution in [0.3, 0.4) is 0 Å². The van der Waals surface area contributed by atoms with Crippen molar-refractivity contribution in [3.8, 4) is 0 Å². The Morgan fingerprint density at radius 3 is 2.19 bits per heavy atom. The Kier molecular flexibility index (Phi) is 4.49. The average Bonchev–Trinajstić information content (AvgIpc) is 2.32. The molecule has 0 aromatic rings. The van der Waals surface area contributed by atoms with Crippen LogP contribution in [0.1, 0.15) is 19.8 Å². The smallest absolute Gasteiger partial charge is 0.392 e. The number of carbonyl (C=O) groups excluding carboxylic acids is 1. The van der Waals surface area contributed by atoms with Crippen LogP contribution in [0.2, 0.25) is 0 Å². The minimum atomic E-state index is -4.20. The molecule has 0 spiro atoms. The van der Waals surface area contributed by atoms with E-state index >= 15 is 0 Å². The molecule has 1 amide bonds. The van der Waals surface area contributed by atoms with Gasteiger partial charge in [0.1, 0.15) is 0 Å². The van der Waals surface area contributed by atoms with Crippen molar-refractivity contribution in [2.75, 3.05) is 32.7 Å². The van der Waals surface area contributed by atoms with Gasteiger partial charge in [-0.2, -0.15) is 13.2 Å². The molecular formula is C13H20F3N3OS.